The van der Waals surface area contributed by atoms with E-state index in [2.05, 4.69) is 29.4 Å². The van der Waals surface area contributed by atoms with Gasteiger partial charge in [-0.15, -0.1) is 0 Å². The van der Waals surface area contributed by atoms with E-state index in [1.165, 1.54) is 24.8 Å². The van der Waals surface area contributed by atoms with Gasteiger partial charge in [0.05, 0.1) is 0 Å². The fourth-order valence-electron chi connectivity index (χ4n) is 1.95. The van der Waals surface area contributed by atoms with Gasteiger partial charge in [-0.05, 0) is 50.3 Å². The smallest absolute Gasteiger partial charge is 0.0372 e. The Labute approximate surface area is 92.1 Å². The molecule has 0 aromatic carbocycles. The standard InChI is InChI=1S/C13H20N2/c1-3-8-14-13(11-6-7-11)12-5-4-10(2)15-9-12/h4-5,9,11,13-14H,3,6-8H2,1-2H3. The second-order valence-corrected chi connectivity index (χ2v) is 4.50. The van der Waals surface area contributed by atoms with Crippen LogP contribution >= 0.6 is 0 Å². The molecule has 1 N–H and O–H groups in total. The molecule has 1 aliphatic rings. The van der Waals surface area contributed by atoms with Gasteiger partial charge in [-0.2, -0.15) is 0 Å². The largest absolute Gasteiger partial charge is 0.310 e. The quantitative estimate of drug-likeness (QED) is 0.797. The molecule has 1 atom stereocenters. The van der Waals surface area contributed by atoms with Crippen LogP contribution in [0.1, 0.15) is 43.5 Å². The van der Waals surface area contributed by atoms with Crippen molar-refractivity contribution in [3.8, 4) is 0 Å². The Morgan fingerprint density at radius 2 is 2.27 bits per heavy atom. The predicted molar refractivity (Wildman–Crippen MR) is 62.7 cm³/mol. The minimum atomic E-state index is 0.540. The van der Waals surface area contributed by atoms with Crippen LogP contribution in [0, 0.1) is 12.8 Å². The molecule has 1 fully saturated rings. The topological polar surface area (TPSA) is 24.9 Å². The van der Waals surface area contributed by atoms with Gasteiger partial charge in [0.15, 0.2) is 0 Å². The summed E-state index contributed by atoms with van der Waals surface area (Å²) < 4.78 is 0. The van der Waals surface area contributed by atoms with Crippen LogP contribution in [0.3, 0.4) is 0 Å². The third-order valence-corrected chi connectivity index (χ3v) is 3.00. The van der Waals surface area contributed by atoms with Crippen LogP contribution in [0.2, 0.25) is 0 Å². The maximum atomic E-state index is 4.38. The molecule has 1 heterocycles. The lowest BCUT2D eigenvalue weighted by Crippen LogP contribution is -2.23. The molecular weight excluding hydrogens is 184 g/mol. The Morgan fingerprint density at radius 1 is 1.47 bits per heavy atom. The van der Waals surface area contributed by atoms with Gasteiger partial charge < -0.3 is 5.32 Å². The fourth-order valence-corrected chi connectivity index (χ4v) is 1.95. The molecular formula is C13H20N2. The molecule has 2 heteroatoms. The van der Waals surface area contributed by atoms with Crippen LogP contribution in [0.25, 0.3) is 0 Å². The SMILES string of the molecule is CCCNC(c1ccc(C)nc1)C1CC1. The highest BCUT2D eigenvalue weighted by molar-refractivity contribution is 5.19. The van der Waals surface area contributed by atoms with E-state index in [-0.39, 0.29) is 0 Å². The Kier molecular flexibility index (Phi) is 3.37. The van der Waals surface area contributed by atoms with Gasteiger partial charge in [0, 0.05) is 17.9 Å². The number of aromatic nitrogens is 1. The molecule has 1 unspecified atom stereocenters. The lowest BCUT2D eigenvalue weighted by atomic mass is 10.0. The van der Waals surface area contributed by atoms with E-state index in [0.717, 1.165) is 18.2 Å². The zero-order valence-corrected chi connectivity index (χ0v) is 9.66. The predicted octanol–water partition coefficient (Wildman–Crippen LogP) is 2.84. The molecule has 0 spiro atoms. The summed E-state index contributed by atoms with van der Waals surface area (Å²) in [6, 6.07) is 4.87. The number of aryl methyl sites for hydroxylation is 1. The fraction of sp³-hybridized carbons (Fsp3) is 0.615. The van der Waals surface area contributed by atoms with Crippen molar-refractivity contribution in [1.29, 1.82) is 0 Å². The van der Waals surface area contributed by atoms with Crippen LogP contribution in [-0.4, -0.2) is 11.5 Å². The Morgan fingerprint density at radius 3 is 2.80 bits per heavy atom. The maximum absolute atomic E-state index is 4.38. The van der Waals surface area contributed by atoms with Crippen molar-refractivity contribution < 1.29 is 0 Å². The Balaban J connectivity index is 2.06. The van der Waals surface area contributed by atoms with Crippen molar-refractivity contribution in [2.75, 3.05) is 6.54 Å². The first-order valence-electron chi connectivity index (χ1n) is 5.97. The lowest BCUT2D eigenvalue weighted by molar-refractivity contribution is 0.480. The summed E-state index contributed by atoms with van der Waals surface area (Å²) in [5.74, 6) is 0.848. The first-order chi connectivity index (χ1) is 7.31. The van der Waals surface area contributed by atoms with Gasteiger partial charge in [-0.1, -0.05) is 13.0 Å². The molecule has 0 bridgehead atoms. The van der Waals surface area contributed by atoms with Gasteiger partial charge in [-0.25, -0.2) is 0 Å². The van der Waals surface area contributed by atoms with Crippen molar-refractivity contribution in [2.45, 2.75) is 39.2 Å². The molecule has 15 heavy (non-hydrogen) atoms. The molecule has 2 nitrogen and oxygen atoms in total. The van der Waals surface area contributed by atoms with Crippen molar-refractivity contribution in [2.24, 2.45) is 5.92 Å². The van der Waals surface area contributed by atoms with E-state index >= 15 is 0 Å². The van der Waals surface area contributed by atoms with Crippen molar-refractivity contribution in [3.05, 3.63) is 29.6 Å². The van der Waals surface area contributed by atoms with Crippen molar-refractivity contribution in [3.63, 3.8) is 0 Å². The zero-order chi connectivity index (χ0) is 10.7. The summed E-state index contributed by atoms with van der Waals surface area (Å²) in [7, 11) is 0. The maximum Gasteiger partial charge on any atom is 0.0372 e. The third-order valence-electron chi connectivity index (χ3n) is 3.00. The van der Waals surface area contributed by atoms with Crippen molar-refractivity contribution in [1.82, 2.24) is 10.3 Å². The van der Waals surface area contributed by atoms with Gasteiger partial charge >= 0.3 is 0 Å². The normalized spacial score (nSPS) is 17.7. The summed E-state index contributed by atoms with van der Waals surface area (Å²) in [5.41, 5.74) is 2.46. The lowest BCUT2D eigenvalue weighted by Gasteiger charge is -2.18. The summed E-state index contributed by atoms with van der Waals surface area (Å²) in [4.78, 5) is 4.38. The van der Waals surface area contributed by atoms with Crippen LogP contribution in [0.4, 0.5) is 0 Å². The van der Waals surface area contributed by atoms with Gasteiger partial charge in [0.2, 0.25) is 0 Å². The van der Waals surface area contributed by atoms with Gasteiger partial charge in [0.25, 0.3) is 0 Å². The molecule has 82 valence electrons. The number of rotatable bonds is 5. The summed E-state index contributed by atoms with van der Waals surface area (Å²) in [6.07, 6.45) is 5.97. The number of pyridine rings is 1. The Bertz CT molecular complexity index is 301. The summed E-state index contributed by atoms with van der Waals surface area (Å²) in [5, 5.41) is 3.63. The van der Waals surface area contributed by atoms with Crippen LogP contribution in [-0.2, 0) is 0 Å². The summed E-state index contributed by atoms with van der Waals surface area (Å²) >= 11 is 0. The van der Waals surface area contributed by atoms with Crippen LogP contribution in [0.5, 0.6) is 0 Å². The van der Waals surface area contributed by atoms with E-state index in [4.69, 9.17) is 0 Å². The highest BCUT2D eigenvalue weighted by atomic mass is 14.9. The molecule has 0 radical (unpaired) electrons. The van der Waals surface area contributed by atoms with Crippen molar-refractivity contribution >= 4 is 0 Å². The van der Waals surface area contributed by atoms with Gasteiger partial charge in [0.1, 0.15) is 0 Å². The molecule has 1 aromatic rings. The zero-order valence-electron chi connectivity index (χ0n) is 9.66. The highest BCUT2D eigenvalue weighted by Gasteiger charge is 2.31. The van der Waals surface area contributed by atoms with E-state index in [0.29, 0.717) is 6.04 Å². The first kappa shape index (κ1) is 10.6. The minimum Gasteiger partial charge on any atom is -0.310 e. The molecule has 2 rings (SSSR count). The molecule has 0 aliphatic heterocycles. The monoisotopic (exact) mass is 204 g/mol. The second-order valence-electron chi connectivity index (χ2n) is 4.50. The average molecular weight is 204 g/mol. The number of hydrogen-bond donors (Lipinski definition) is 1. The third kappa shape index (κ3) is 2.78. The van der Waals surface area contributed by atoms with E-state index in [1.54, 1.807) is 0 Å². The molecule has 1 saturated carbocycles. The van der Waals surface area contributed by atoms with E-state index in [1.807, 2.05) is 13.1 Å². The van der Waals surface area contributed by atoms with Crippen LogP contribution in [0.15, 0.2) is 18.3 Å². The first-order valence-corrected chi connectivity index (χ1v) is 5.97. The Hall–Kier alpha value is -0.890. The van der Waals surface area contributed by atoms with Gasteiger partial charge in [-0.3, -0.25) is 4.98 Å². The van der Waals surface area contributed by atoms with Crippen LogP contribution < -0.4 is 5.32 Å². The number of hydrogen-bond acceptors (Lipinski definition) is 2. The molecule has 0 saturated heterocycles. The molecule has 1 aromatic heterocycles. The second kappa shape index (κ2) is 4.75. The average Bonchev–Trinajstić information content (AvgIpc) is 3.05. The highest BCUT2D eigenvalue weighted by Crippen LogP contribution is 2.40. The number of nitrogens with zero attached hydrogens (tertiary/aromatic N) is 1. The van der Waals surface area contributed by atoms with E-state index in [9.17, 15) is 0 Å². The van der Waals surface area contributed by atoms with E-state index < -0.39 is 0 Å². The molecule has 1 aliphatic carbocycles. The minimum absolute atomic E-state index is 0.540. The molecule has 0 amide bonds. The summed E-state index contributed by atoms with van der Waals surface area (Å²) in [6.45, 7) is 5.36. The number of nitrogens with one attached hydrogen (secondary N) is 1.